The van der Waals surface area contributed by atoms with Gasteiger partial charge in [-0.15, -0.1) is 0 Å². The maximum atomic E-state index is 11.0. The quantitative estimate of drug-likeness (QED) is 0.738. The molecule has 3 nitrogen and oxygen atoms in total. The molecule has 1 aromatic carbocycles. The van der Waals surface area contributed by atoms with Crippen LogP contribution in [0.4, 0.5) is 0 Å². The van der Waals surface area contributed by atoms with E-state index in [0.717, 1.165) is 6.42 Å². The molecule has 1 unspecified atom stereocenters. The number of hydrogen-bond donors (Lipinski definition) is 1. The molecule has 0 heterocycles. The lowest BCUT2D eigenvalue weighted by atomic mass is 10.1. The first-order valence-electron chi connectivity index (χ1n) is 6.17. The predicted molar refractivity (Wildman–Crippen MR) is 68.7 cm³/mol. The number of carbonyl (C=O) groups excluding carboxylic acids is 1. The van der Waals surface area contributed by atoms with Crippen molar-refractivity contribution in [2.75, 3.05) is 13.2 Å². The molecular formula is C14H21NO2. The first-order chi connectivity index (χ1) is 8.24. The highest BCUT2D eigenvalue weighted by molar-refractivity contribution is 5.75. The van der Waals surface area contributed by atoms with E-state index in [2.05, 4.69) is 17.4 Å². The number of ether oxygens (including phenoxy) is 1. The van der Waals surface area contributed by atoms with Crippen LogP contribution in [0.3, 0.4) is 0 Å². The van der Waals surface area contributed by atoms with Crippen molar-refractivity contribution in [3.05, 3.63) is 35.9 Å². The first-order valence-corrected chi connectivity index (χ1v) is 6.17. The van der Waals surface area contributed by atoms with Crippen LogP contribution in [0, 0.1) is 0 Å². The van der Waals surface area contributed by atoms with Gasteiger partial charge in [0.25, 0.3) is 0 Å². The van der Waals surface area contributed by atoms with Gasteiger partial charge in [-0.25, -0.2) is 0 Å². The van der Waals surface area contributed by atoms with Gasteiger partial charge >= 0.3 is 0 Å². The Bertz CT molecular complexity index is 324. The summed E-state index contributed by atoms with van der Waals surface area (Å²) in [6.07, 6.45) is 1.50. The Labute approximate surface area is 103 Å². The summed E-state index contributed by atoms with van der Waals surface area (Å²) in [6, 6.07) is 10.1. The summed E-state index contributed by atoms with van der Waals surface area (Å²) in [5, 5.41) is 2.83. The number of nitrogens with one attached hydrogen (secondary N) is 1. The van der Waals surface area contributed by atoms with Crippen molar-refractivity contribution in [2.45, 2.75) is 32.8 Å². The molecule has 0 fully saturated rings. The van der Waals surface area contributed by atoms with Gasteiger partial charge in [-0.1, -0.05) is 37.3 Å². The van der Waals surface area contributed by atoms with Crippen molar-refractivity contribution in [3.63, 3.8) is 0 Å². The molecule has 1 aromatic rings. The first kappa shape index (κ1) is 13.7. The second-order valence-corrected chi connectivity index (χ2v) is 3.98. The molecule has 1 N–H and O–H groups in total. The Kier molecular flexibility index (Phi) is 6.33. The molecule has 0 saturated carbocycles. The number of rotatable bonds is 7. The smallest absolute Gasteiger partial charge is 0.219 e. The molecule has 0 bridgehead atoms. The zero-order chi connectivity index (χ0) is 12.5. The van der Waals surface area contributed by atoms with E-state index in [1.54, 1.807) is 0 Å². The zero-order valence-corrected chi connectivity index (χ0v) is 10.6. The SMILES string of the molecule is CCC(=O)NCCCOC(C)c1ccccc1. The average Bonchev–Trinajstić information content (AvgIpc) is 2.38. The summed E-state index contributed by atoms with van der Waals surface area (Å²) in [6.45, 7) is 5.25. The van der Waals surface area contributed by atoms with Gasteiger partial charge in [0.1, 0.15) is 0 Å². The summed E-state index contributed by atoms with van der Waals surface area (Å²) in [7, 11) is 0. The Morgan fingerprint density at radius 2 is 2.06 bits per heavy atom. The number of hydrogen-bond acceptors (Lipinski definition) is 2. The Morgan fingerprint density at radius 3 is 2.71 bits per heavy atom. The highest BCUT2D eigenvalue weighted by Gasteiger charge is 2.04. The van der Waals surface area contributed by atoms with Gasteiger partial charge in [-0.3, -0.25) is 4.79 Å². The van der Waals surface area contributed by atoms with E-state index in [-0.39, 0.29) is 12.0 Å². The minimum atomic E-state index is 0.0982. The van der Waals surface area contributed by atoms with Gasteiger partial charge in [0.05, 0.1) is 6.10 Å². The third kappa shape index (κ3) is 5.50. The molecule has 94 valence electrons. The molecule has 1 rings (SSSR count). The fourth-order valence-corrected chi connectivity index (χ4v) is 1.51. The van der Waals surface area contributed by atoms with Gasteiger partial charge in [0, 0.05) is 19.6 Å². The molecule has 0 saturated heterocycles. The van der Waals surface area contributed by atoms with Crippen LogP contribution in [0.5, 0.6) is 0 Å². The van der Waals surface area contributed by atoms with Crippen LogP contribution in [0.1, 0.15) is 38.4 Å². The minimum absolute atomic E-state index is 0.0982. The second kappa shape index (κ2) is 7.85. The average molecular weight is 235 g/mol. The zero-order valence-electron chi connectivity index (χ0n) is 10.6. The van der Waals surface area contributed by atoms with Gasteiger partial charge in [-0.2, -0.15) is 0 Å². The fourth-order valence-electron chi connectivity index (χ4n) is 1.51. The van der Waals surface area contributed by atoms with Crippen LogP contribution < -0.4 is 5.32 Å². The molecule has 0 aromatic heterocycles. The van der Waals surface area contributed by atoms with Crippen molar-refractivity contribution in [2.24, 2.45) is 0 Å². The van der Waals surface area contributed by atoms with E-state index in [1.165, 1.54) is 5.56 Å². The van der Waals surface area contributed by atoms with Crippen molar-refractivity contribution in [1.82, 2.24) is 5.32 Å². The monoisotopic (exact) mass is 235 g/mol. The lowest BCUT2D eigenvalue weighted by Gasteiger charge is -2.13. The summed E-state index contributed by atoms with van der Waals surface area (Å²) in [5.74, 6) is 0.0982. The normalized spacial score (nSPS) is 12.1. The van der Waals surface area contributed by atoms with Crippen molar-refractivity contribution in [1.29, 1.82) is 0 Å². The predicted octanol–water partition coefficient (Wildman–Crippen LogP) is 2.68. The summed E-state index contributed by atoms with van der Waals surface area (Å²) in [5.41, 5.74) is 1.19. The molecule has 0 spiro atoms. The number of benzene rings is 1. The second-order valence-electron chi connectivity index (χ2n) is 3.98. The van der Waals surface area contributed by atoms with Crippen LogP contribution in [0.25, 0.3) is 0 Å². The number of amides is 1. The van der Waals surface area contributed by atoms with E-state index in [1.807, 2.05) is 32.0 Å². The highest BCUT2D eigenvalue weighted by atomic mass is 16.5. The summed E-state index contributed by atoms with van der Waals surface area (Å²) < 4.78 is 5.69. The highest BCUT2D eigenvalue weighted by Crippen LogP contribution is 2.15. The van der Waals surface area contributed by atoms with Gasteiger partial charge in [-0.05, 0) is 18.9 Å². The van der Waals surface area contributed by atoms with Crippen molar-refractivity contribution < 1.29 is 9.53 Å². The van der Waals surface area contributed by atoms with Gasteiger partial charge in [0.2, 0.25) is 5.91 Å². The Hall–Kier alpha value is -1.35. The van der Waals surface area contributed by atoms with Crippen LogP contribution in [-0.4, -0.2) is 19.1 Å². The lowest BCUT2D eigenvalue weighted by molar-refractivity contribution is -0.120. The Balaban J connectivity index is 2.13. The summed E-state index contributed by atoms with van der Waals surface area (Å²) >= 11 is 0. The fraction of sp³-hybridized carbons (Fsp3) is 0.500. The molecule has 0 aliphatic rings. The molecule has 17 heavy (non-hydrogen) atoms. The van der Waals surface area contributed by atoms with E-state index in [9.17, 15) is 4.79 Å². The van der Waals surface area contributed by atoms with Crippen molar-refractivity contribution >= 4 is 5.91 Å². The molecule has 0 aliphatic carbocycles. The third-order valence-corrected chi connectivity index (χ3v) is 2.60. The number of carbonyl (C=O) groups is 1. The van der Waals surface area contributed by atoms with Crippen LogP contribution >= 0.6 is 0 Å². The summed E-state index contributed by atoms with van der Waals surface area (Å²) in [4.78, 5) is 11.0. The molecule has 0 aliphatic heterocycles. The largest absolute Gasteiger partial charge is 0.374 e. The molecule has 3 heteroatoms. The van der Waals surface area contributed by atoms with E-state index in [0.29, 0.717) is 19.6 Å². The van der Waals surface area contributed by atoms with Crippen LogP contribution in [0.2, 0.25) is 0 Å². The van der Waals surface area contributed by atoms with E-state index >= 15 is 0 Å². The maximum absolute atomic E-state index is 11.0. The van der Waals surface area contributed by atoms with E-state index in [4.69, 9.17) is 4.74 Å². The molecule has 1 amide bonds. The van der Waals surface area contributed by atoms with Gasteiger partial charge in [0.15, 0.2) is 0 Å². The van der Waals surface area contributed by atoms with Crippen molar-refractivity contribution in [3.8, 4) is 0 Å². The molecule has 0 radical (unpaired) electrons. The standard InChI is InChI=1S/C14H21NO2/c1-3-14(16)15-10-7-11-17-12(2)13-8-5-4-6-9-13/h4-6,8-9,12H,3,7,10-11H2,1-2H3,(H,15,16). The van der Waals surface area contributed by atoms with Crippen LogP contribution in [-0.2, 0) is 9.53 Å². The topological polar surface area (TPSA) is 38.3 Å². The molecular weight excluding hydrogens is 214 g/mol. The minimum Gasteiger partial charge on any atom is -0.374 e. The van der Waals surface area contributed by atoms with Gasteiger partial charge < -0.3 is 10.1 Å². The Morgan fingerprint density at radius 1 is 1.35 bits per heavy atom. The van der Waals surface area contributed by atoms with E-state index < -0.39 is 0 Å². The maximum Gasteiger partial charge on any atom is 0.219 e. The third-order valence-electron chi connectivity index (χ3n) is 2.60. The molecule has 1 atom stereocenters. The van der Waals surface area contributed by atoms with Crippen LogP contribution in [0.15, 0.2) is 30.3 Å². The lowest BCUT2D eigenvalue weighted by Crippen LogP contribution is -2.24.